The number of carbonyl (C=O) groups is 5. The Balaban J connectivity index is 1.75. The third-order valence-electron chi connectivity index (χ3n) is 8.43. The minimum atomic E-state index is -0.867. The molecule has 1 aromatic carbocycles. The van der Waals surface area contributed by atoms with E-state index in [9.17, 15) is 24.0 Å². The summed E-state index contributed by atoms with van der Waals surface area (Å²) in [6, 6.07) is 5.41. The Bertz CT molecular complexity index is 1270. The van der Waals surface area contributed by atoms with Gasteiger partial charge in [-0.15, -0.1) is 5.06 Å². The summed E-state index contributed by atoms with van der Waals surface area (Å²) in [5.74, 6) is -2.17. The van der Waals surface area contributed by atoms with Gasteiger partial charge in [0, 0.05) is 62.9 Å². The normalized spacial score (nSPS) is 17.8. The number of benzene rings is 1. The van der Waals surface area contributed by atoms with Crippen molar-refractivity contribution in [2.45, 2.75) is 90.3 Å². The zero-order chi connectivity index (χ0) is 32.3. The number of amides is 4. The molecule has 2 aliphatic heterocycles. The van der Waals surface area contributed by atoms with E-state index in [2.05, 4.69) is 12.2 Å². The van der Waals surface area contributed by atoms with Crippen LogP contribution in [-0.2, 0) is 43.9 Å². The molecule has 1 N–H and O–H groups in total. The SMILES string of the molecule is CCC(C)(CCOC(C)(CC)c1ccc(/C=C/C(=O)ON2C(=O)CCC2=O)cc1NC(=O)CCCCN1CC=CC1=O)OC. The average Bonchev–Trinajstić information content (AvgIpc) is 3.57. The summed E-state index contributed by atoms with van der Waals surface area (Å²) in [7, 11) is 1.69. The van der Waals surface area contributed by atoms with Gasteiger partial charge in [0.05, 0.1) is 17.8 Å². The molecule has 0 saturated carbocycles. The number of rotatable bonds is 17. The van der Waals surface area contributed by atoms with Gasteiger partial charge in [-0.05, 0) is 63.7 Å². The van der Waals surface area contributed by atoms with Gasteiger partial charge in [0.25, 0.3) is 11.8 Å². The molecule has 2 aliphatic rings. The quantitative estimate of drug-likeness (QED) is 0.153. The fraction of sp³-hybridized carbons (Fsp3) is 0.545. The summed E-state index contributed by atoms with van der Waals surface area (Å²) in [5.41, 5.74) is 0.881. The Morgan fingerprint density at radius 2 is 1.77 bits per heavy atom. The number of methoxy groups -OCH3 is 1. The van der Waals surface area contributed by atoms with Crippen LogP contribution in [0.1, 0.15) is 90.2 Å². The molecule has 2 unspecified atom stereocenters. The highest BCUT2D eigenvalue weighted by molar-refractivity contribution is 6.02. The van der Waals surface area contributed by atoms with Gasteiger partial charge in [0.15, 0.2) is 0 Å². The van der Waals surface area contributed by atoms with Gasteiger partial charge in [0.1, 0.15) is 0 Å². The topological polar surface area (TPSA) is 132 Å². The Morgan fingerprint density at radius 1 is 1.05 bits per heavy atom. The third kappa shape index (κ3) is 9.33. The highest BCUT2D eigenvalue weighted by Gasteiger charge is 2.33. The van der Waals surface area contributed by atoms with E-state index < -0.39 is 23.4 Å². The predicted octanol–water partition coefficient (Wildman–Crippen LogP) is 4.66. The number of hydrogen-bond acceptors (Lipinski definition) is 8. The lowest BCUT2D eigenvalue weighted by atomic mass is 9.89. The second-order valence-electron chi connectivity index (χ2n) is 11.5. The van der Waals surface area contributed by atoms with Crippen molar-refractivity contribution in [3.63, 3.8) is 0 Å². The lowest BCUT2D eigenvalue weighted by Crippen LogP contribution is -2.32. The van der Waals surface area contributed by atoms with Gasteiger partial charge in [-0.3, -0.25) is 19.2 Å². The highest BCUT2D eigenvalue weighted by Crippen LogP contribution is 2.36. The van der Waals surface area contributed by atoms with Crippen molar-refractivity contribution in [2.24, 2.45) is 0 Å². The van der Waals surface area contributed by atoms with E-state index in [1.807, 2.05) is 32.9 Å². The second-order valence-corrected chi connectivity index (χ2v) is 11.5. The highest BCUT2D eigenvalue weighted by atomic mass is 16.7. The summed E-state index contributed by atoms with van der Waals surface area (Å²) < 4.78 is 12.1. The number of nitrogens with one attached hydrogen (secondary N) is 1. The van der Waals surface area contributed by atoms with Crippen molar-refractivity contribution in [3.05, 3.63) is 47.6 Å². The monoisotopic (exact) mass is 611 g/mol. The first-order chi connectivity index (χ1) is 20.9. The number of hydroxylamine groups is 2. The van der Waals surface area contributed by atoms with Crippen molar-refractivity contribution in [2.75, 3.05) is 32.1 Å². The molecule has 0 bridgehead atoms. The molecule has 0 aromatic heterocycles. The van der Waals surface area contributed by atoms with Crippen molar-refractivity contribution < 1.29 is 38.3 Å². The van der Waals surface area contributed by atoms with E-state index in [1.165, 1.54) is 6.08 Å². The fourth-order valence-electron chi connectivity index (χ4n) is 4.94. The summed E-state index contributed by atoms with van der Waals surface area (Å²) in [5, 5.41) is 3.53. The smallest absolute Gasteiger partial charge is 0.356 e. The molecule has 0 spiro atoms. The van der Waals surface area contributed by atoms with E-state index in [0.29, 0.717) is 61.7 Å². The van der Waals surface area contributed by atoms with Gasteiger partial charge < -0.3 is 24.5 Å². The maximum Gasteiger partial charge on any atom is 0.356 e. The van der Waals surface area contributed by atoms with Crippen LogP contribution in [0.3, 0.4) is 0 Å². The predicted molar refractivity (Wildman–Crippen MR) is 165 cm³/mol. The maximum atomic E-state index is 13.1. The molecule has 0 aliphatic carbocycles. The number of unbranched alkanes of at least 4 members (excludes halogenated alkanes) is 1. The van der Waals surface area contributed by atoms with Gasteiger partial charge in [0.2, 0.25) is 11.8 Å². The maximum absolute atomic E-state index is 13.1. The van der Waals surface area contributed by atoms with Gasteiger partial charge >= 0.3 is 5.97 Å². The molecule has 44 heavy (non-hydrogen) atoms. The summed E-state index contributed by atoms with van der Waals surface area (Å²) in [6.07, 6.45) is 9.76. The molecule has 240 valence electrons. The summed E-state index contributed by atoms with van der Waals surface area (Å²) in [4.78, 5) is 67.4. The molecule has 2 heterocycles. The van der Waals surface area contributed by atoms with Crippen LogP contribution >= 0.6 is 0 Å². The van der Waals surface area contributed by atoms with E-state index in [0.717, 1.165) is 18.1 Å². The number of imide groups is 1. The minimum absolute atomic E-state index is 0.00456. The molecular formula is C33H45N3O8. The first-order valence-corrected chi connectivity index (χ1v) is 15.3. The fourth-order valence-corrected chi connectivity index (χ4v) is 4.94. The molecular weight excluding hydrogens is 566 g/mol. The molecule has 4 amide bonds. The van der Waals surface area contributed by atoms with Crippen LogP contribution < -0.4 is 5.32 Å². The molecule has 11 nitrogen and oxygen atoms in total. The minimum Gasteiger partial charge on any atom is -0.378 e. The molecule has 1 fully saturated rings. The van der Waals surface area contributed by atoms with E-state index >= 15 is 0 Å². The Morgan fingerprint density at radius 3 is 2.39 bits per heavy atom. The molecule has 1 aromatic rings. The largest absolute Gasteiger partial charge is 0.378 e. The Hall–Kier alpha value is -3.83. The van der Waals surface area contributed by atoms with Gasteiger partial charge in [-0.2, -0.15) is 0 Å². The Kier molecular flexibility index (Phi) is 12.4. The number of carbonyl (C=O) groups excluding carboxylic acids is 5. The lowest BCUT2D eigenvalue weighted by molar-refractivity contribution is -0.193. The molecule has 3 rings (SSSR count). The average molecular weight is 612 g/mol. The van der Waals surface area contributed by atoms with E-state index in [-0.39, 0.29) is 36.7 Å². The third-order valence-corrected chi connectivity index (χ3v) is 8.43. The molecule has 1 saturated heterocycles. The lowest BCUT2D eigenvalue weighted by Gasteiger charge is -2.34. The Labute approximate surface area is 259 Å². The molecule has 0 radical (unpaired) electrons. The van der Waals surface area contributed by atoms with Crippen LogP contribution in [0.2, 0.25) is 0 Å². The standard InChI is InChI=1S/C33H45N3O8/c1-6-32(3,42-5)19-22-43-33(4,7-2)25-15-13-24(14-18-31(41)44-36-29(39)16-17-30(36)40)23-26(25)34-27(37)11-8-9-20-35-21-10-12-28(35)38/h10,12-15,18,23H,6-9,11,16-17,19-22H2,1-5H3,(H,34,37)/b18-14+. The zero-order valence-corrected chi connectivity index (χ0v) is 26.5. The van der Waals surface area contributed by atoms with Crippen molar-refractivity contribution >= 4 is 41.4 Å². The number of anilines is 1. The zero-order valence-electron chi connectivity index (χ0n) is 26.5. The van der Waals surface area contributed by atoms with Crippen LogP contribution in [0.4, 0.5) is 5.69 Å². The van der Waals surface area contributed by atoms with Gasteiger partial charge in [-0.1, -0.05) is 32.1 Å². The number of nitrogens with zero attached hydrogens (tertiary/aromatic N) is 2. The van der Waals surface area contributed by atoms with Crippen LogP contribution in [-0.4, -0.2) is 72.0 Å². The molecule has 2 atom stereocenters. The van der Waals surface area contributed by atoms with Crippen LogP contribution in [0, 0.1) is 0 Å². The number of hydrogen-bond donors (Lipinski definition) is 1. The van der Waals surface area contributed by atoms with E-state index in [4.69, 9.17) is 14.3 Å². The van der Waals surface area contributed by atoms with Gasteiger partial charge in [-0.25, -0.2) is 4.79 Å². The first-order valence-electron chi connectivity index (χ1n) is 15.3. The summed E-state index contributed by atoms with van der Waals surface area (Å²) in [6.45, 7) is 9.75. The number of ether oxygens (including phenoxy) is 2. The van der Waals surface area contributed by atoms with Crippen LogP contribution in [0.5, 0.6) is 0 Å². The van der Waals surface area contributed by atoms with Crippen molar-refractivity contribution in [3.8, 4) is 0 Å². The summed E-state index contributed by atoms with van der Waals surface area (Å²) >= 11 is 0. The van der Waals surface area contributed by atoms with Crippen molar-refractivity contribution in [1.29, 1.82) is 0 Å². The van der Waals surface area contributed by atoms with Crippen LogP contribution in [0.25, 0.3) is 6.08 Å². The first kappa shape index (κ1) is 34.7. The van der Waals surface area contributed by atoms with E-state index in [1.54, 1.807) is 30.2 Å². The van der Waals surface area contributed by atoms with Crippen LogP contribution in [0.15, 0.2) is 36.4 Å². The second kappa shape index (κ2) is 15.8. The molecule has 11 heteroatoms. The van der Waals surface area contributed by atoms with Crippen molar-refractivity contribution in [1.82, 2.24) is 9.96 Å².